The topological polar surface area (TPSA) is 37.8 Å². The van der Waals surface area contributed by atoms with Crippen molar-refractivity contribution in [2.45, 2.75) is 18.9 Å². The van der Waals surface area contributed by atoms with Gasteiger partial charge in [-0.05, 0) is 24.3 Å². The minimum absolute atomic E-state index is 0.154. The molecule has 0 saturated carbocycles. The molecule has 0 atom stereocenters. The molecule has 0 saturated heterocycles. The number of aromatic nitrogens is 2. The Morgan fingerprint density at radius 3 is 2.38 bits per heavy atom. The molecule has 6 heteroatoms. The summed E-state index contributed by atoms with van der Waals surface area (Å²) in [6, 6.07) is 13.2. The summed E-state index contributed by atoms with van der Waals surface area (Å²) in [5, 5.41) is 3.21. The number of halogens is 3. The number of rotatable bonds is 3. The monoisotopic (exact) mass is 355 g/mol. The smallest absolute Gasteiger partial charge is 0.312 e. The second-order valence-electron chi connectivity index (χ2n) is 6.20. The lowest BCUT2D eigenvalue weighted by atomic mass is 9.99. The van der Waals surface area contributed by atoms with E-state index in [1.54, 1.807) is 30.3 Å². The van der Waals surface area contributed by atoms with Gasteiger partial charge in [-0.15, -0.1) is 0 Å². The predicted molar refractivity (Wildman–Crippen MR) is 92.3 cm³/mol. The van der Waals surface area contributed by atoms with E-state index < -0.39 is 11.7 Å². The maximum absolute atomic E-state index is 15.0. The van der Waals surface area contributed by atoms with Crippen LogP contribution in [0.4, 0.5) is 13.2 Å². The Labute approximate surface area is 148 Å². The molecule has 1 aromatic heterocycles. The van der Waals surface area contributed by atoms with Gasteiger partial charge in [-0.25, -0.2) is 14.4 Å². The van der Waals surface area contributed by atoms with Gasteiger partial charge in [0, 0.05) is 36.2 Å². The highest BCUT2D eigenvalue weighted by Gasteiger charge is 2.38. The average molecular weight is 355 g/mol. The van der Waals surface area contributed by atoms with E-state index in [9.17, 15) is 4.39 Å². The molecule has 0 fully saturated rings. The Morgan fingerprint density at radius 1 is 0.923 bits per heavy atom. The van der Waals surface area contributed by atoms with Crippen molar-refractivity contribution in [3.8, 4) is 11.3 Å². The number of benzene rings is 2. The summed E-state index contributed by atoms with van der Waals surface area (Å²) in [5.74, 6) is -4.22. The largest absolute Gasteiger partial charge is 0.331 e. The minimum Gasteiger partial charge on any atom is -0.312 e. The highest BCUT2D eigenvalue weighted by molar-refractivity contribution is 5.64. The molecule has 132 valence electrons. The summed E-state index contributed by atoms with van der Waals surface area (Å²) in [4.78, 5) is 8.40. The van der Waals surface area contributed by atoms with Crippen LogP contribution in [0.1, 0.15) is 22.6 Å². The Kier molecular flexibility index (Phi) is 4.20. The first kappa shape index (κ1) is 16.7. The second kappa shape index (κ2) is 6.53. The average Bonchev–Trinajstić information content (AvgIpc) is 2.68. The summed E-state index contributed by atoms with van der Waals surface area (Å²) in [6.07, 6.45) is 0.546. The molecule has 0 aliphatic carbocycles. The molecule has 4 rings (SSSR count). The maximum atomic E-state index is 15.0. The number of nitrogens with zero attached hydrogens (tertiary/aromatic N) is 2. The third-order valence-electron chi connectivity index (χ3n) is 4.47. The highest BCUT2D eigenvalue weighted by Crippen LogP contribution is 2.36. The number of hydrogen-bond donors (Lipinski definition) is 1. The Morgan fingerprint density at radius 2 is 1.65 bits per heavy atom. The van der Waals surface area contributed by atoms with E-state index in [1.165, 1.54) is 24.3 Å². The van der Waals surface area contributed by atoms with Gasteiger partial charge in [0.2, 0.25) is 5.82 Å². The lowest BCUT2D eigenvalue weighted by molar-refractivity contribution is 0.0325. The van der Waals surface area contributed by atoms with Crippen molar-refractivity contribution in [1.82, 2.24) is 15.3 Å². The van der Waals surface area contributed by atoms with Crippen molar-refractivity contribution in [2.24, 2.45) is 0 Å². The van der Waals surface area contributed by atoms with Gasteiger partial charge in [0.15, 0.2) is 0 Å². The second-order valence-corrected chi connectivity index (χ2v) is 6.20. The van der Waals surface area contributed by atoms with Crippen molar-refractivity contribution >= 4 is 0 Å². The molecule has 0 radical (unpaired) electrons. The molecule has 2 heterocycles. The Balaban J connectivity index is 1.89. The third kappa shape index (κ3) is 2.97. The molecule has 1 N–H and O–H groups in total. The van der Waals surface area contributed by atoms with Crippen LogP contribution in [0, 0.1) is 5.82 Å². The van der Waals surface area contributed by atoms with E-state index in [-0.39, 0.29) is 11.4 Å². The van der Waals surface area contributed by atoms with Gasteiger partial charge in [0.1, 0.15) is 5.82 Å². The lowest BCUT2D eigenvalue weighted by Crippen LogP contribution is -2.29. The van der Waals surface area contributed by atoms with Crippen LogP contribution >= 0.6 is 0 Å². The van der Waals surface area contributed by atoms with Crippen LogP contribution in [0.5, 0.6) is 0 Å². The molecule has 2 aromatic carbocycles. The molecule has 3 aromatic rings. The van der Waals surface area contributed by atoms with Gasteiger partial charge in [0.25, 0.3) is 0 Å². The summed E-state index contributed by atoms with van der Waals surface area (Å²) >= 11 is 0. The molecule has 0 unspecified atom stereocenters. The van der Waals surface area contributed by atoms with Gasteiger partial charge in [-0.3, -0.25) is 0 Å². The third-order valence-corrected chi connectivity index (χ3v) is 4.47. The van der Waals surface area contributed by atoms with Crippen LogP contribution in [0.3, 0.4) is 0 Å². The molecule has 1 aliphatic heterocycles. The van der Waals surface area contributed by atoms with Crippen LogP contribution in [0.15, 0.2) is 54.6 Å². The van der Waals surface area contributed by atoms with Crippen LogP contribution in [0.2, 0.25) is 0 Å². The van der Waals surface area contributed by atoms with Gasteiger partial charge in [-0.1, -0.05) is 30.3 Å². The maximum Gasteiger partial charge on any atom is 0.331 e. The molecule has 0 amide bonds. The molecule has 1 aliphatic rings. The molecule has 0 bridgehead atoms. The summed E-state index contributed by atoms with van der Waals surface area (Å²) in [6.45, 7) is 1.17. The summed E-state index contributed by atoms with van der Waals surface area (Å²) < 4.78 is 43.3. The van der Waals surface area contributed by atoms with E-state index in [2.05, 4.69) is 15.3 Å². The normalized spacial score (nSPS) is 14.1. The van der Waals surface area contributed by atoms with E-state index in [0.717, 1.165) is 5.56 Å². The van der Waals surface area contributed by atoms with Crippen LogP contribution < -0.4 is 5.32 Å². The quantitative estimate of drug-likeness (QED) is 0.770. The first-order chi connectivity index (χ1) is 12.6. The zero-order valence-corrected chi connectivity index (χ0v) is 13.8. The molecular formula is C20H16F3N3. The number of nitrogens with one attached hydrogen (secondary N) is 1. The van der Waals surface area contributed by atoms with Gasteiger partial charge < -0.3 is 5.32 Å². The van der Waals surface area contributed by atoms with E-state index in [4.69, 9.17) is 0 Å². The molecule has 26 heavy (non-hydrogen) atoms. The zero-order chi connectivity index (χ0) is 18.1. The van der Waals surface area contributed by atoms with Crippen LogP contribution in [-0.2, 0) is 18.9 Å². The summed E-state index contributed by atoms with van der Waals surface area (Å²) in [5.41, 5.74) is 2.27. The van der Waals surface area contributed by atoms with E-state index in [1.807, 2.05) is 0 Å². The minimum atomic E-state index is -3.31. The number of hydrogen-bond acceptors (Lipinski definition) is 3. The number of fused-ring (bicyclic) bond motifs is 1. The highest BCUT2D eigenvalue weighted by atomic mass is 19.3. The standard InChI is InChI=1S/C20H16F3N3/c21-15-8-6-13(7-9-15)18-16-12-24-11-10-17(16)25-19(26-18)20(22,23)14-4-2-1-3-5-14/h1-9,24H,10-12H2. The fourth-order valence-electron chi connectivity index (χ4n) is 3.11. The van der Waals surface area contributed by atoms with Gasteiger partial charge in [-0.2, -0.15) is 8.78 Å². The van der Waals surface area contributed by atoms with Crippen molar-refractivity contribution in [3.05, 3.63) is 83.1 Å². The van der Waals surface area contributed by atoms with Crippen LogP contribution in [0.25, 0.3) is 11.3 Å². The van der Waals surface area contributed by atoms with Gasteiger partial charge in [0.05, 0.1) is 11.4 Å². The van der Waals surface area contributed by atoms with Gasteiger partial charge >= 0.3 is 5.92 Å². The predicted octanol–water partition coefficient (Wildman–Crippen LogP) is 4.07. The lowest BCUT2D eigenvalue weighted by Gasteiger charge is -2.23. The van der Waals surface area contributed by atoms with Crippen molar-refractivity contribution in [2.75, 3.05) is 6.54 Å². The zero-order valence-electron chi connectivity index (χ0n) is 13.8. The van der Waals surface area contributed by atoms with Crippen molar-refractivity contribution in [3.63, 3.8) is 0 Å². The van der Waals surface area contributed by atoms with Crippen LogP contribution in [-0.4, -0.2) is 16.5 Å². The first-order valence-corrected chi connectivity index (χ1v) is 8.36. The SMILES string of the molecule is Fc1ccc(-c2nc(C(F)(F)c3ccccc3)nc3c2CNCC3)cc1. The van der Waals surface area contributed by atoms with E-state index >= 15 is 8.78 Å². The van der Waals surface area contributed by atoms with E-state index in [0.29, 0.717) is 36.5 Å². The number of alkyl halides is 2. The molecule has 3 nitrogen and oxygen atoms in total. The Bertz CT molecular complexity index is 925. The van der Waals surface area contributed by atoms with Crippen molar-refractivity contribution in [1.29, 1.82) is 0 Å². The fourth-order valence-corrected chi connectivity index (χ4v) is 3.11. The summed E-state index contributed by atoms with van der Waals surface area (Å²) in [7, 11) is 0. The molecule has 0 spiro atoms. The Hall–Kier alpha value is -2.73. The fraction of sp³-hybridized carbons (Fsp3) is 0.200. The molecular weight excluding hydrogens is 339 g/mol. The van der Waals surface area contributed by atoms with Crippen molar-refractivity contribution < 1.29 is 13.2 Å². The first-order valence-electron chi connectivity index (χ1n) is 8.36.